The number of guanidine groups is 1. The molecule has 2 heterocycles. The van der Waals surface area contributed by atoms with Gasteiger partial charge in [0.05, 0.1) is 0 Å². The molecule has 0 spiro atoms. The Labute approximate surface area is 179 Å². The molecule has 26 heavy (non-hydrogen) atoms. The van der Waals surface area contributed by atoms with E-state index < -0.39 is 0 Å². The van der Waals surface area contributed by atoms with Crippen molar-refractivity contribution in [2.24, 2.45) is 10.9 Å². The topological polar surface area (TPSA) is 42.9 Å². The minimum atomic E-state index is 0. The molecule has 1 aromatic rings. The van der Waals surface area contributed by atoms with Gasteiger partial charge in [-0.05, 0) is 57.5 Å². The van der Waals surface area contributed by atoms with Crippen LogP contribution in [0, 0.1) is 5.92 Å². The van der Waals surface area contributed by atoms with Gasteiger partial charge in [0, 0.05) is 49.5 Å². The Morgan fingerprint density at radius 2 is 2.12 bits per heavy atom. The van der Waals surface area contributed by atoms with Crippen molar-refractivity contribution >= 4 is 47.2 Å². The lowest BCUT2D eigenvalue weighted by Crippen LogP contribution is -2.44. The Kier molecular flexibility index (Phi) is 8.76. The Bertz CT molecular complexity index is 597. The summed E-state index contributed by atoms with van der Waals surface area (Å²) in [6, 6.07) is 8.53. The van der Waals surface area contributed by atoms with E-state index in [1.165, 1.54) is 18.7 Å². The normalized spacial score (nSPS) is 23.8. The first kappa shape index (κ1) is 21.6. The SMILES string of the molecule is CCNC(=NCC1CCN(C)C1)NC1CCN(c2cccc(Cl)c2)C1.I. The molecule has 7 heteroatoms. The van der Waals surface area contributed by atoms with Gasteiger partial charge in [-0.2, -0.15) is 0 Å². The fraction of sp³-hybridized carbons (Fsp3) is 0.632. The number of aliphatic imine (C=N–C) groups is 1. The van der Waals surface area contributed by atoms with Gasteiger partial charge in [-0.1, -0.05) is 17.7 Å². The van der Waals surface area contributed by atoms with Crippen molar-refractivity contribution in [2.45, 2.75) is 25.8 Å². The molecule has 2 N–H and O–H groups in total. The molecule has 3 rings (SSSR count). The Balaban J connectivity index is 0.00000243. The predicted molar refractivity (Wildman–Crippen MR) is 122 cm³/mol. The van der Waals surface area contributed by atoms with Gasteiger partial charge < -0.3 is 20.4 Å². The fourth-order valence-corrected chi connectivity index (χ4v) is 3.88. The fourth-order valence-electron chi connectivity index (χ4n) is 3.69. The zero-order chi connectivity index (χ0) is 17.6. The van der Waals surface area contributed by atoms with Crippen LogP contribution in [-0.4, -0.2) is 63.2 Å². The van der Waals surface area contributed by atoms with Crippen LogP contribution in [0.15, 0.2) is 29.3 Å². The number of likely N-dealkylation sites (tertiary alicyclic amines) is 1. The Morgan fingerprint density at radius 1 is 1.27 bits per heavy atom. The van der Waals surface area contributed by atoms with Crippen LogP contribution in [-0.2, 0) is 0 Å². The molecule has 0 saturated carbocycles. The highest BCUT2D eigenvalue weighted by Crippen LogP contribution is 2.23. The highest BCUT2D eigenvalue weighted by atomic mass is 127. The molecule has 2 atom stereocenters. The number of benzene rings is 1. The zero-order valence-electron chi connectivity index (χ0n) is 15.7. The highest BCUT2D eigenvalue weighted by Gasteiger charge is 2.24. The smallest absolute Gasteiger partial charge is 0.191 e. The van der Waals surface area contributed by atoms with E-state index >= 15 is 0 Å². The summed E-state index contributed by atoms with van der Waals surface area (Å²) in [5.74, 6) is 1.64. The van der Waals surface area contributed by atoms with E-state index in [2.05, 4.69) is 40.5 Å². The third-order valence-corrected chi connectivity index (χ3v) is 5.28. The highest BCUT2D eigenvalue weighted by molar-refractivity contribution is 14.0. The maximum Gasteiger partial charge on any atom is 0.191 e. The van der Waals surface area contributed by atoms with Gasteiger partial charge in [0.2, 0.25) is 0 Å². The van der Waals surface area contributed by atoms with Crippen LogP contribution >= 0.6 is 35.6 Å². The molecule has 0 aromatic heterocycles. The zero-order valence-corrected chi connectivity index (χ0v) is 18.8. The van der Waals surface area contributed by atoms with Gasteiger partial charge in [0.25, 0.3) is 0 Å². The number of anilines is 1. The van der Waals surface area contributed by atoms with Crippen molar-refractivity contribution in [1.29, 1.82) is 0 Å². The van der Waals surface area contributed by atoms with Crippen molar-refractivity contribution in [3.63, 3.8) is 0 Å². The minimum absolute atomic E-state index is 0. The maximum atomic E-state index is 6.12. The lowest BCUT2D eigenvalue weighted by atomic mass is 10.1. The van der Waals surface area contributed by atoms with Gasteiger partial charge in [-0.15, -0.1) is 24.0 Å². The molecule has 2 fully saturated rings. The van der Waals surface area contributed by atoms with Crippen LogP contribution in [0.25, 0.3) is 0 Å². The molecule has 2 aliphatic heterocycles. The van der Waals surface area contributed by atoms with Crippen LogP contribution in [0.3, 0.4) is 0 Å². The summed E-state index contributed by atoms with van der Waals surface area (Å²) in [6.07, 6.45) is 2.37. The molecular formula is C19H31ClIN5. The first-order valence-electron chi connectivity index (χ1n) is 9.38. The van der Waals surface area contributed by atoms with Crippen molar-refractivity contribution in [1.82, 2.24) is 15.5 Å². The van der Waals surface area contributed by atoms with Gasteiger partial charge in [0.1, 0.15) is 0 Å². The van der Waals surface area contributed by atoms with Crippen LogP contribution in [0.1, 0.15) is 19.8 Å². The summed E-state index contributed by atoms with van der Waals surface area (Å²) in [4.78, 5) is 9.61. The Morgan fingerprint density at radius 3 is 2.81 bits per heavy atom. The summed E-state index contributed by atoms with van der Waals surface area (Å²) in [6.45, 7) is 8.30. The quantitative estimate of drug-likeness (QED) is 0.377. The molecule has 0 radical (unpaired) electrons. The van der Waals surface area contributed by atoms with E-state index in [1.807, 2.05) is 18.2 Å². The second kappa shape index (κ2) is 10.6. The summed E-state index contributed by atoms with van der Waals surface area (Å²) in [5.41, 5.74) is 1.20. The van der Waals surface area contributed by atoms with Gasteiger partial charge in [-0.25, -0.2) is 0 Å². The summed E-state index contributed by atoms with van der Waals surface area (Å²) in [7, 11) is 2.19. The van der Waals surface area contributed by atoms with Gasteiger partial charge in [-0.3, -0.25) is 4.99 Å². The van der Waals surface area contributed by atoms with Crippen LogP contribution < -0.4 is 15.5 Å². The molecular weight excluding hydrogens is 461 g/mol. The van der Waals surface area contributed by atoms with E-state index in [1.54, 1.807) is 0 Å². The molecule has 1 aromatic carbocycles. The van der Waals surface area contributed by atoms with E-state index in [0.29, 0.717) is 12.0 Å². The molecule has 146 valence electrons. The van der Waals surface area contributed by atoms with E-state index in [4.69, 9.17) is 16.6 Å². The van der Waals surface area contributed by atoms with Crippen LogP contribution in [0.5, 0.6) is 0 Å². The minimum Gasteiger partial charge on any atom is -0.369 e. The monoisotopic (exact) mass is 491 g/mol. The molecule has 2 saturated heterocycles. The van der Waals surface area contributed by atoms with E-state index in [9.17, 15) is 0 Å². The van der Waals surface area contributed by atoms with E-state index in [-0.39, 0.29) is 24.0 Å². The van der Waals surface area contributed by atoms with Crippen LogP contribution in [0.4, 0.5) is 5.69 Å². The van der Waals surface area contributed by atoms with Gasteiger partial charge >= 0.3 is 0 Å². The molecule has 0 amide bonds. The lowest BCUT2D eigenvalue weighted by Gasteiger charge is -2.21. The number of nitrogens with one attached hydrogen (secondary N) is 2. The number of nitrogens with zero attached hydrogens (tertiary/aromatic N) is 3. The average molecular weight is 492 g/mol. The third-order valence-electron chi connectivity index (χ3n) is 5.04. The standard InChI is InChI=1S/C19H30ClN5.HI/c1-3-21-19(22-12-15-7-9-24(2)13-15)23-17-8-10-25(14-17)18-6-4-5-16(20)11-18;/h4-6,11,15,17H,3,7-10,12-14H2,1-2H3,(H2,21,22,23);1H. The third kappa shape index (κ3) is 6.16. The maximum absolute atomic E-state index is 6.12. The molecule has 2 unspecified atom stereocenters. The number of hydrogen-bond donors (Lipinski definition) is 2. The molecule has 5 nitrogen and oxygen atoms in total. The van der Waals surface area contributed by atoms with Crippen molar-refractivity contribution in [3.8, 4) is 0 Å². The first-order valence-corrected chi connectivity index (χ1v) is 9.75. The summed E-state index contributed by atoms with van der Waals surface area (Å²) < 4.78 is 0. The van der Waals surface area contributed by atoms with Crippen LogP contribution in [0.2, 0.25) is 5.02 Å². The van der Waals surface area contributed by atoms with Crippen molar-refractivity contribution < 1.29 is 0 Å². The predicted octanol–water partition coefficient (Wildman–Crippen LogP) is 3.04. The second-order valence-electron chi connectivity index (χ2n) is 7.19. The number of halogens is 2. The second-order valence-corrected chi connectivity index (χ2v) is 7.63. The van der Waals surface area contributed by atoms with Gasteiger partial charge in [0.15, 0.2) is 5.96 Å². The first-order chi connectivity index (χ1) is 12.1. The molecule has 0 aliphatic carbocycles. The average Bonchev–Trinajstić information content (AvgIpc) is 3.22. The lowest BCUT2D eigenvalue weighted by molar-refractivity contribution is 0.397. The Hall–Kier alpha value is -0.730. The van der Waals surface area contributed by atoms with E-state index in [0.717, 1.165) is 50.1 Å². The summed E-state index contributed by atoms with van der Waals surface area (Å²) in [5, 5.41) is 7.81. The van der Waals surface area contributed by atoms with Crippen molar-refractivity contribution in [3.05, 3.63) is 29.3 Å². The number of hydrogen-bond acceptors (Lipinski definition) is 3. The molecule has 0 bridgehead atoms. The molecule has 2 aliphatic rings. The number of rotatable bonds is 5. The van der Waals surface area contributed by atoms with Crippen molar-refractivity contribution in [2.75, 3.05) is 51.2 Å². The largest absolute Gasteiger partial charge is 0.369 e. The summed E-state index contributed by atoms with van der Waals surface area (Å²) >= 11 is 6.12.